The average molecular weight is 370 g/mol. The van der Waals surface area contributed by atoms with Crippen LogP contribution in [0.25, 0.3) is 11.0 Å². The molecule has 1 aliphatic heterocycles. The fourth-order valence-electron chi connectivity index (χ4n) is 2.52. The first-order valence-electron chi connectivity index (χ1n) is 8.17. The quantitative estimate of drug-likeness (QED) is 0.793. The molecule has 0 saturated carbocycles. The van der Waals surface area contributed by atoms with E-state index in [9.17, 15) is 8.42 Å². The third-order valence-electron chi connectivity index (χ3n) is 3.97. The van der Waals surface area contributed by atoms with E-state index < -0.39 is 10.0 Å². The molecule has 0 bridgehead atoms. The number of rotatable bonds is 6. The minimum absolute atomic E-state index is 0.305. The molecule has 24 heavy (non-hydrogen) atoms. The van der Waals surface area contributed by atoms with Crippen molar-refractivity contribution in [2.75, 3.05) is 32.1 Å². The summed E-state index contributed by atoms with van der Waals surface area (Å²) in [6.45, 7) is 6.09. The van der Waals surface area contributed by atoms with Gasteiger partial charge in [-0.05, 0) is 30.5 Å². The van der Waals surface area contributed by atoms with E-state index >= 15 is 0 Å². The van der Waals surface area contributed by atoms with Gasteiger partial charge in [0.2, 0.25) is 10.0 Å². The average Bonchev–Trinajstić information content (AvgIpc) is 2.97. The van der Waals surface area contributed by atoms with Crippen molar-refractivity contribution in [1.29, 1.82) is 0 Å². The molecule has 1 aromatic heterocycles. The second-order valence-electron chi connectivity index (χ2n) is 6.27. The molecule has 1 saturated heterocycles. The van der Waals surface area contributed by atoms with Crippen molar-refractivity contribution in [3.63, 3.8) is 0 Å². The third-order valence-corrected chi connectivity index (χ3v) is 6.77. The first-order chi connectivity index (χ1) is 11.5. The van der Waals surface area contributed by atoms with Gasteiger partial charge in [0.05, 0.1) is 29.1 Å². The van der Waals surface area contributed by atoms with Crippen molar-refractivity contribution in [2.24, 2.45) is 5.92 Å². The lowest BCUT2D eigenvalue weighted by molar-refractivity contribution is 0.0730. The highest BCUT2D eigenvalue weighted by Gasteiger charge is 2.26. The summed E-state index contributed by atoms with van der Waals surface area (Å²) in [6.07, 6.45) is 1.12. The number of aromatic nitrogens is 2. The van der Waals surface area contributed by atoms with Crippen LogP contribution in [0.15, 0.2) is 28.3 Å². The molecule has 0 unspecified atom stereocenters. The maximum absolute atomic E-state index is 12.7. The zero-order valence-corrected chi connectivity index (χ0v) is 15.6. The van der Waals surface area contributed by atoms with Gasteiger partial charge in [-0.25, -0.2) is 13.4 Å². The van der Waals surface area contributed by atoms with E-state index in [1.54, 1.807) is 30.0 Å². The largest absolute Gasteiger partial charge is 0.379 e. The predicted molar refractivity (Wildman–Crippen MR) is 95.9 cm³/mol. The molecule has 1 fully saturated rings. The Morgan fingerprint density at radius 3 is 2.79 bits per heavy atom. The summed E-state index contributed by atoms with van der Waals surface area (Å²) >= 11 is 1.67. The molecule has 0 aliphatic carbocycles. The van der Waals surface area contributed by atoms with Gasteiger partial charge in [0.25, 0.3) is 0 Å². The van der Waals surface area contributed by atoms with Crippen molar-refractivity contribution < 1.29 is 13.2 Å². The number of aromatic amines is 1. The van der Waals surface area contributed by atoms with Crippen LogP contribution in [0.4, 0.5) is 0 Å². The first-order valence-corrected chi connectivity index (χ1v) is 10.6. The van der Waals surface area contributed by atoms with Gasteiger partial charge in [-0.2, -0.15) is 4.31 Å². The Bertz CT molecular complexity index is 796. The summed E-state index contributed by atoms with van der Waals surface area (Å²) in [5, 5.41) is 0.839. The summed E-state index contributed by atoms with van der Waals surface area (Å²) in [5.74, 6) is 1.66. The van der Waals surface area contributed by atoms with Gasteiger partial charge in [0.15, 0.2) is 5.16 Å². The number of ether oxygens (including phenoxy) is 1. The third kappa shape index (κ3) is 3.93. The molecule has 132 valence electrons. The first kappa shape index (κ1) is 17.7. The molecule has 0 atom stereocenters. The van der Waals surface area contributed by atoms with Crippen molar-refractivity contribution in [2.45, 2.75) is 30.3 Å². The number of hydrogen-bond donors (Lipinski definition) is 1. The maximum Gasteiger partial charge on any atom is 0.243 e. The monoisotopic (exact) mass is 369 g/mol. The van der Waals surface area contributed by atoms with Gasteiger partial charge in [0, 0.05) is 18.8 Å². The van der Waals surface area contributed by atoms with Crippen LogP contribution in [0.1, 0.15) is 20.3 Å². The number of benzene rings is 1. The molecule has 3 rings (SSSR count). The van der Waals surface area contributed by atoms with Crippen LogP contribution in [0, 0.1) is 5.92 Å². The van der Waals surface area contributed by atoms with Crippen LogP contribution in [-0.2, 0) is 14.8 Å². The van der Waals surface area contributed by atoms with E-state index in [2.05, 4.69) is 23.8 Å². The van der Waals surface area contributed by atoms with Gasteiger partial charge in [-0.3, -0.25) is 0 Å². The topological polar surface area (TPSA) is 75.3 Å². The zero-order valence-electron chi connectivity index (χ0n) is 14.0. The van der Waals surface area contributed by atoms with Crippen LogP contribution in [0.3, 0.4) is 0 Å². The number of nitrogens with zero attached hydrogens (tertiary/aromatic N) is 2. The lowest BCUT2D eigenvalue weighted by atomic mass is 10.2. The van der Waals surface area contributed by atoms with Crippen molar-refractivity contribution in [1.82, 2.24) is 14.3 Å². The standard InChI is InChI=1S/C16H23N3O3S2/c1-12(2)5-10-23-16-17-14-4-3-13(11-15(14)18-16)24(20,21)19-6-8-22-9-7-19/h3-4,11-12H,5-10H2,1-2H3,(H,17,18). The van der Waals surface area contributed by atoms with Crippen LogP contribution in [0.5, 0.6) is 0 Å². The van der Waals surface area contributed by atoms with E-state index in [1.807, 2.05) is 0 Å². The smallest absolute Gasteiger partial charge is 0.243 e. The van der Waals surface area contributed by atoms with Crippen molar-refractivity contribution >= 4 is 32.8 Å². The molecule has 0 radical (unpaired) electrons. The number of nitrogens with one attached hydrogen (secondary N) is 1. The highest BCUT2D eigenvalue weighted by Crippen LogP contribution is 2.25. The molecule has 1 aromatic carbocycles. The predicted octanol–water partition coefficient (Wildman–Crippen LogP) is 2.72. The number of imidazole rings is 1. The second-order valence-corrected chi connectivity index (χ2v) is 9.29. The van der Waals surface area contributed by atoms with Gasteiger partial charge in [-0.15, -0.1) is 0 Å². The minimum Gasteiger partial charge on any atom is -0.379 e. The highest BCUT2D eigenvalue weighted by molar-refractivity contribution is 7.99. The van der Waals surface area contributed by atoms with Crippen molar-refractivity contribution in [3.8, 4) is 0 Å². The fourth-order valence-corrected chi connectivity index (χ4v) is 5.08. The Balaban J connectivity index is 1.80. The van der Waals surface area contributed by atoms with E-state index in [1.165, 1.54) is 4.31 Å². The van der Waals surface area contributed by atoms with Crippen LogP contribution < -0.4 is 0 Å². The van der Waals surface area contributed by atoms with E-state index in [-0.39, 0.29) is 0 Å². The summed E-state index contributed by atoms with van der Waals surface area (Å²) in [6, 6.07) is 5.09. The molecule has 8 heteroatoms. The molecule has 0 amide bonds. The number of hydrogen-bond acceptors (Lipinski definition) is 5. The molecule has 2 heterocycles. The Labute approximate surface area is 147 Å². The van der Waals surface area contributed by atoms with Gasteiger partial charge >= 0.3 is 0 Å². The lowest BCUT2D eigenvalue weighted by Crippen LogP contribution is -2.40. The Morgan fingerprint density at radius 1 is 1.33 bits per heavy atom. The summed E-state index contributed by atoms with van der Waals surface area (Å²) in [4.78, 5) is 8.06. The second kappa shape index (κ2) is 7.43. The summed E-state index contributed by atoms with van der Waals surface area (Å²) in [5.41, 5.74) is 1.55. The molecule has 6 nitrogen and oxygen atoms in total. The van der Waals surface area contributed by atoms with Gasteiger partial charge in [0.1, 0.15) is 0 Å². The molecular formula is C16H23N3O3S2. The maximum atomic E-state index is 12.7. The lowest BCUT2D eigenvalue weighted by Gasteiger charge is -2.25. The Morgan fingerprint density at radius 2 is 2.08 bits per heavy atom. The zero-order chi connectivity index (χ0) is 17.2. The van der Waals surface area contributed by atoms with Gasteiger partial charge in [-0.1, -0.05) is 25.6 Å². The number of sulfonamides is 1. The number of thioether (sulfide) groups is 1. The van der Waals surface area contributed by atoms with Crippen LogP contribution >= 0.6 is 11.8 Å². The fraction of sp³-hybridized carbons (Fsp3) is 0.562. The SMILES string of the molecule is CC(C)CCSc1nc2ccc(S(=O)(=O)N3CCOCC3)cc2[nH]1. The summed E-state index contributed by atoms with van der Waals surface area (Å²) < 4.78 is 32.1. The molecule has 1 aliphatic rings. The Hall–Kier alpha value is -1.09. The summed E-state index contributed by atoms with van der Waals surface area (Å²) in [7, 11) is -3.47. The molecule has 2 aromatic rings. The van der Waals surface area contributed by atoms with E-state index in [0.29, 0.717) is 37.1 Å². The van der Waals surface area contributed by atoms with Crippen LogP contribution in [-0.4, -0.2) is 54.7 Å². The number of fused-ring (bicyclic) bond motifs is 1. The van der Waals surface area contributed by atoms with E-state index in [4.69, 9.17) is 4.74 Å². The van der Waals surface area contributed by atoms with Crippen molar-refractivity contribution in [3.05, 3.63) is 18.2 Å². The number of H-pyrrole nitrogens is 1. The molecule has 0 spiro atoms. The number of morpholine rings is 1. The normalized spacial score (nSPS) is 17.0. The molecule has 1 N–H and O–H groups in total. The van der Waals surface area contributed by atoms with E-state index in [0.717, 1.165) is 28.4 Å². The highest BCUT2D eigenvalue weighted by atomic mass is 32.2. The molecular weight excluding hydrogens is 346 g/mol. The Kier molecular flexibility index (Phi) is 5.49. The van der Waals surface area contributed by atoms with Gasteiger partial charge < -0.3 is 9.72 Å². The van der Waals surface area contributed by atoms with Crippen LogP contribution in [0.2, 0.25) is 0 Å². The minimum atomic E-state index is -3.47.